The van der Waals surface area contributed by atoms with Crippen LogP contribution in [0.4, 0.5) is 0 Å². The minimum Gasteiger partial charge on any atom is -0.391 e. The third-order valence-corrected chi connectivity index (χ3v) is 5.40. The molecule has 1 aliphatic rings. The Morgan fingerprint density at radius 3 is 2.31 bits per heavy atom. The summed E-state index contributed by atoms with van der Waals surface area (Å²) in [6.45, 7) is 3.90. The summed E-state index contributed by atoms with van der Waals surface area (Å²) in [6, 6.07) is 2.05. The molecule has 0 aromatic rings. The molecular weight excluding hydrogens is 226 g/mol. The van der Waals surface area contributed by atoms with Crippen molar-refractivity contribution in [3.05, 3.63) is 0 Å². The van der Waals surface area contributed by atoms with Gasteiger partial charge in [-0.1, -0.05) is 26.7 Å². The lowest BCUT2D eigenvalue weighted by Crippen LogP contribution is -2.40. The second-order valence-corrected chi connectivity index (χ2v) is 6.82. The van der Waals surface area contributed by atoms with Crippen LogP contribution in [-0.4, -0.2) is 31.1 Å². The number of aliphatic hydroxyl groups excluding tert-OH is 1. The number of rotatable bonds is 4. The topological polar surface area (TPSA) is 78.2 Å². The lowest BCUT2D eigenvalue weighted by atomic mass is 9.75. The van der Waals surface area contributed by atoms with Crippen molar-refractivity contribution in [3.63, 3.8) is 0 Å². The number of hydrogen-bond donors (Lipinski definition) is 1. The summed E-state index contributed by atoms with van der Waals surface area (Å²) in [6.07, 6.45) is 0.968. The molecule has 0 aromatic carbocycles. The maximum Gasteiger partial charge on any atom is 0.152 e. The third-order valence-electron chi connectivity index (χ3n) is 3.62. The van der Waals surface area contributed by atoms with Crippen LogP contribution in [0.3, 0.4) is 0 Å². The molecule has 1 N–H and O–H groups in total. The fraction of sp³-hybridized carbons (Fsp3) is 0.909. The molecule has 2 unspecified atom stereocenters. The summed E-state index contributed by atoms with van der Waals surface area (Å²) in [5.41, 5.74) is -1.07. The zero-order chi connectivity index (χ0) is 12.4. The van der Waals surface area contributed by atoms with Gasteiger partial charge >= 0.3 is 0 Å². The van der Waals surface area contributed by atoms with Crippen LogP contribution >= 0.6 is 0 Å². The van der Waals surface area contributed by atoms with Crippen LogP contribution in [0, 0.1) is 22.7 Å². The van der Waals surface area contributed by atoms with Gasteiger partial charge in [-0.15, -0.1) is 0 Å². The Morgan fingerprint density at radius 2 is 2.00 bits per heavy atom. The van der Waals surface area contributed by atoms with Gasteiger partial charge in [0, 0.05) is 0 Å². The molecule has 92 valence electrons. The van der Waals surface area contributed by atoms with Crippen LogP contribution in [0.15, 0.2) is 0 Å². The van der Waals surface area contributed by atoms with Gasteiger partial charge in [-0.05, 0) is 12.3 Å². The second-order valence-electron chi connectivity index (χ2n) is 4.63. The van der Waals surface area contributed by atoms with E-state index in [9.17, 15) is 18.8 Å². The predicted octanol–water partition coefficient (Wildman–Crippen LogP) is 1.11. The largest absolute Gasteiger partial charge is 0.391 e. The summed E-state index contributed by atoms with van der Waals surface area (Å²) < 4.78 is 22.9. The minimum absolute atomic E-state index is 0.00736. The molecule has 4 nitrogen and oxygen atoms in total. The van der Waals surface area contributed by atoms with E-state index in [1.165, 1.54) is 0 Å². The fourth-order valence-corrected chi connectivity index (χ4v) is 4.43. The molecular formula is C11H19NO3S. The molecule has 0 amide bonds. The van der Waals surface area contributed by atoms with E-state index in [-0.39, 0.29) is 23.8 Å². The molecule has 1 rings (SSSR count). The molecule has 1 saturated heterocycles. The number of sulfone groups is 1. The Hall–Kier alpha value is -0.600. The van der Waals surface area contributed by atoms with Crippen LogP contribution in [-0.2, 0) is 9.84 Å². The van der Waals surface area contributed by atoms with Crippen LogP contribution in [0.2, 0.25) is 0 Å². The van der Waals surface area contributed by atoms with E-state index >= 15 is 0 Å². The Bertz CT molecular complexity index is 381. The lowest BCUT2D eigenvalue weighted by Gasteiger charge is -2.31. The van der Waals surface area contributed by atoms with Gasteiger partial charge in [0.2, 0.25) is 0 Å². The first kappa shape index (κ1) is 13.5. The average Bonchev–Trinajstić information content (AvgIpc) is 2.57. The molecule has 0 saturated carbocycles. The van der Waals surface area contributed by atoms with Gasteiger partial charge in [-0.3, -0.25) is 0 Å². The molecule has 1 heterocycles. The number of hydrogen-bond acceptors (Lipinski definition) is 4. The third kappa shape index (κ3) is 2.38. The first-order valence-corrected chi connectivity index (χ1v) is 7.52. The van der Waals surface area contributed by atoms with Crippen molar-refractivity contribution in [2.45, 2.75) is 39.2 Å². The van der Waals surface area contributed by atoms with Gasteiger partial charge in [0.15, 0.2) is 9.84 Å². The highest BCUT2D eigenvalue weighted by molar-refractivity contribution is 7.91. The summed E-state index contributed by atoms with van der Waals surface area (Å²) in [5.74, 6) is -0.153. The van der Waals surface area contributed by atoms with Crippen LogP contribution in [0.25, 0.3) is 0 Å². The normalized spacial score (nSPS) is 30.2. The SMILES string of the molecule is CCC(CC)C(O)C1(C#N)CCS(=O)(=O)C1. The van der Waals surface area contributed by atoms with Gasteiger partial charge in [-0.2, -0.15) is 5.26 Å². The van der Waals surface area contributed by atoms with Crippen molar-refractivity contribution in [3.8, 4) is 6.07 Å². The van der Waals surface area contributed by atoms with Crippen LogP contribution < -0.4 is 0 Å². The van der Waals surface area contributed by atoms with Crippen molar-refractivity contribution in [2.75, 3.05) is 11.5 Å². The van der Waals surface area contributed by atoms with E-state index in [1.807, 2.05) is 13.8 Å². The van der Waals surface area contributed by atoms with Gasteiger partial charge in [0.25, 0.3) is 0 Å². The first-order chi connectivity index (χ1) is 7.40. The zero-order valence-electron chi connectivity index (χ0n) is 9.81. The second kappa shape index (κ2) is 4.72. The van der Waals surface area contributed by atoms with E-state index in [1.54, 1.807) is 0 Å². The minimum atomic E-state index is -3.14. The predicted molar refractivity (Wildman–Crippen MR) is 61.4 cm³/mol. The Labute approximate surface area is 97.2 Å². The molecule has 5 heteroatoms. The Balaban J connectivity index is 2.95. The standard InChI is InChI=1S/C11H19NO3S/c1-3-9(4-2)10(13)11(7-12)5-6-16(14,15)8-11/h9-10,13H,3-6,8H2,1-2H3. The van der Waals surface area contributed by atoms with E-state index in [0.717, 1.165) is 12.8 Å². The van der Waals surface area contributed by atoms with Gasteiger partial charge in [0.05, 0.1) is 29.1 Å². The highest BCUT2D eigenvalue weighted by atomic mass is 32.2. The van der Waals surface area contributed by atoms with Crippen molar-refractivity contribution in [2.24, 2.45) is 11.3 Å². The summed E-state index contributed by atoms with van der Waals surface area (Å²) >= 11 is 0. The quantitative estimate of drug-likeness (QED) is 0.804. The summed E-state index contributed by atoms with van der Waals surface area (Å²) in [5, 5.41) is 19.4. The molecule has 0 spiro atoms. The first-order valence-electron chi connectivity index (χ1n) is 5.70. The van der Waals surface area contributed by atoms with Crippen molar-refractivity contribution >= 4 is 9.84 Å². The molecule has 16 heavy (non-hydrogen) atoms. The Morgan fingerprint density at radius 1 is 1.44 bits per heavy atom. The van der Waals surface area contributed by atoms with Gasteiger partial charge in [0.1, 0.15) is 0 Å². The molecule has 2 atom stereocenters. The van der Waals surface area contributed by atoms with E-state index < -0.39 is 21.4 Å². The monoisotopic (exact) mass is 245 g/mol. The molecule has 0 aromatic heterocycles. The number of nitrogens with zero attached hydrogens (tertiary/aromatic N) is 1. The Kier molecular flexibility index (Phi) is 3.97. The maximum atomic E-state index is 11.4. The molecule has 0 aliphatic carbocycles. The van der Waals surface area contributed by atoms with Crippen molar-refractivity contribution in [1.29, 1.82) is 5.26 Å². The molecule has 1 aliphatic heterocycles. The van der Waals surface area contributed by atoms with Crippen molar-refractivity contribution < 1.29 is 13.5 Å². The lowest BCUT2D eigenvalue weighted by molar-refractivity contribution is 0.0224. The van der Waals surface area contributed by atoms with E-state index in [2.05, 4.69) is 6.07 Å². The maximum absolute atomic E-state index is 11.4. The number of aliphatic hydroxyl groups is 1. The average molecular weight is 245 g/mol. The van der Waals surface area contributed by atoms with E-state index in [0.29, 0.717) is 0 Å². The summed E-state index contributed by atoms with van der Waals surface area (Å²) in [4.78, 5) is 0. The fourth-order valence-electron chi connectivity index (χ4n) is 2.45. The van der Waals surface area contributed by atoms with E-state index in [4.69, 9.17) is 0 Å². The number of nitriles is 1. The molecule has 0 bridgehead atoms. The zero-order valence-corrected chi connectivity index (χ0v) is 10.6. The molecule has 1 fully saturated rings. The van der Waals surface area contributed by atoms with Gasteiger partial charge < -0.3 is 5.11 Å². The summed E-state index contributed by atoms with van der Waals surface area (Å²) in [7, 11) is -3.14. The highest BCUT2D eigenvalue weighted by Gasteiger charge is 2.49. The smallest absolute Gasteiger partial charge is 0.152 e. The highest BCUT2D eigenvalue weighted by Crippen LogP contribution is 2.39. The van der Waals surface area contributed by atoms with Crippen molar-refractivity contribution in [1.82, 2.24) is 0 Å². The van der Waals surface area contributed by atoms with Crippen LogP contribution in [0.5, 0.6) is 0 Å². The van der Waals surface area contributed by atoms with Gasteiger partial charge in [-0.25, -0.2) is 8.42 Å². The van der Waals surface area contributed by atoms with Crippen LogP contribution in [0.1, 0.15) is 33.1 Å². The molecule has 0 radical (unpaired) electrons.